The van der Waals surface area contributed by atoms with Crippen molar-refractivity contribution in [1.82, 2.24) is 5.32 Å². The summed E-state index contributed by atoms with van der Waals surface area (Å²) < 4.78 is 0. The second kappa shape index (κ2) is 6.91. The van der Waals surface area contributed by atoms with Crippen LogP contribution in [-0.4, -0.2) is 18.3 Å². The van der Waals surface area contributed by atoms with E-state index in [1.165, 1.54) is 16.9 Å². The zero-order valence-corrected chi connectivity index (χ0v) is 10.7. The molecule has 0 saturated carbocycles. The Hall–Kier alpha value is -0.470. The maximum absolute atomic E-state index is 3.45. The monoisotopic (exact) mass is 223 g/mol. The molecule has 0 aliphatic carbocycles. The smallest absolute Gasteiger partial charge is 0.0191 e. The lowest BCUT2D eigenvalue weighted by Crippen LogP contribution is -2.23. The van der Waals surface area contributed by atoms with Gasteiger partial charge in [-0.15, -0.1) is 11.8 Å². The summed E-state index contributed by atoms with van der Waals surface area (Å²) in [5.41, 5.74) is 1.33. The number of thioether (sulfide) groups is 1. The Balaban J connectivity index is 2.31. The molecule has 1 nitrogen and oxygen atoms in total. The lowest BCUT2D eigenvalue weighted by molar-refractivity contribution is 0.669. The van der Waals surface area contributed by atoms with Crippen molar-refractivity contribution in [3.05, 3.63) is 29.8 Å². The molecule has 15 heavy (non-hydrogen) atoms. The van der Waals surface area contributed by atoms with E-state index >= 15 is 0 Å². The Labute approximate surface area is 97.7 Å². The van der Waals surface area contributed by atoms with Crippen LogP contribution in [0.15, 0.2) is 29.2 Å². The van der Waals surface area contributed by atoms with Crippen LogP contribution < -0.4 is 5.32 Å². The van der Waals surface area contributed by atoms with Gasteiger partial charge in [-0.25, -0.2) is 0 Å². The molecule has 0 saturated heterocycles. The summed E-state index contributed by atoms with van der Waals surface area (Å²) in [6.07, 6.45) is 1.21. The Bertz CT molecular complexity index is 268. The number of rotatable bonds is 6. The van der Waals surface area contributed by atoms with Crippen LogP contribution in [0.4, 0.5) is 0 Å². The van der Waals surface area contributed by atoms with Gasteiger partial charge in [0.2, 0.25) is 0 Å². The van der Waals surface area contributed by atoms with E-state index in [0.717, 1.165) is 13.1 Å². The Morgan fingerprint density at radius 1 is 1.27 bits per heavy atom. The van der Waals surface area contributed by atoms with Crippen molar-refractivity contribution in [1.29, 1.82) is 0 Å². The van der Waals surface area contributed by atoms with E-state index in [4.69, 9.17) is 0 Å². The zero-order chi connectivity index (χ0) is 11.1. The van der Waals surface area contributed by atoms with Gasteiger partial charge in [-0.1, -0.05) is 31.5 Å². The first-order valence-electron chi connectivity index (χ1n) is 5.66. The number of hydrogen-bond acceptors (Lipinski definition) is 2. The van der Waals surface area contributed by atoms with Crippen LogP contribution in [0, 0.1) is 6.92 Å². The van der Waals surface area contributed by atoms with Crippen molar-refractivity contribution in [2.24, 2.45) is 0 Å². The van der Waals surface area contributed by atoms with Gasteiger partial charge in [-0.05, 0) is 32.0 Å². The highest BCUT2D eigenvalue weighted by Crippen LogP contribution is 2.22. The first-order valence-corrected chi connectivity index (χ1v) is 6.54. The van der Waals surface area contributed by atoms with Gasteiger partial charge in [-0.3, -0.25) is 0 Å². The van der Waals surface area contributed by atoms with Gasteiger partial charge < -0.3 is 5.32 Å². The fraction of sp³-hybridized carbons (Fsp3) is 0.538. The standard InChI is InChI=1S/C13H21NS/c1-4-9-14-10-12(3)15-13-7-5-11(2)6-8-13/h5-8,12,14H,4,9-10H2,1-3H3. The lowest BCUT2D eigenvalue weighted by atomic mass is 10.2. The molecule has 1 unspecified atom stereocenters. The molecule has 0 aliphatic heterocycles. The molecule has 1 atom stereocenters. The van der Waals surface area contributed by atoms with Crippen molar-refractivity contribution in [3.63, 3.8) is 0 Å². The maximum atomic E-state index is 3.45. The molecule has 0 aromatic heterocycles. The SMILES string of the molecule is CCCNCC(C)Sc1ccc(C)cc1. The third-order valence-corrected chi connectivity index (χ3v) is 3.33. The number of hydrogen-bond donors (Lipinski definition) is 1. The summed E-state index contributed by atoms with van der Waals surface area (Å²) in [4.78, 5) is 1.37. The second-order valence-corrected chi connectivity index (χ2v) is 5.46. The average molecular weight is 223 g/mol. The number of aryl methyl sites for hydroxylation is 1. The lowest BCUT2D eigenvalue weighted by Gasteiger charge is -2.11. The molecule has 0 aliphatic rings. The highest BCUT2D eigenvalue weighted by Gasteiger charge is 2.03. The van der Waals surface area contributed by atoms with Crippen LogP contribution in [0.2, 0.25) is 0 Å². The minimum Gasteiger partial charge on any atom is -0.316 e. The van der Waals surface area contributed by atoms with Crippen molar-refractivity contribution >= 4 is 11.8 Å². The molecule has 0 amide bonds. The molecule has 0 spiro atoms. The predicted octanol–water partition coefficient (Wildman–Crippen LogP) is 3.48. The van der Waals surface area contributed by atoms with Crippen molar-refractivity contribution in [3.8, 4) is 0 Å². The molecule has 0 fully saturated rings. The number of nitrogens with one attached hydrogen (secondary N) is 1. The topological polar surface area (TPSA) is 12.0 Å². The molecule has 0 heterocycles. The van der Waals surface area contributed by atoms with Crippen LogP contribution in [0.3, 0.4) is 0 Å². The van der Waals surface area contributed by atoms with Crippen LogP contribution in [0.5, 0.6) is 0 Å². The molecule has 2 heteroatoms. The van der Waals surface area contributed by atoms with Crippen LogP contribution >= 0.6 is 11.8 Å². The third-order valence-electron chi connectivity index (χ3n) is 2.22. The van der Waals surface area contributed by atoms with Crippen LogP contribution in [-0.2, 0) is 0 Å². The Kier molecular flexibility index (Phi) is 5.81. The van der Waals surface area contributed by atoms with Gasteiger partial charge in [0, 0.05) is 16.7 Å². The fourth-order valence-electron chi connectivity index (χ4n) is 1.37. The molecule has 1 N–H and O–H groups in total. The Morgan fingerprint density at radius 3 is 2.53 bits per heavy atom. The van der Waals surface area contributed by atoms with E-state index < -0.39 is 0 Å². The van der Waals surface area contributed by atoms with E-state index in [-0.39, 0.29) is 0 Å². The van der Waals surface area contributed by atoms with Gasteiger partial charge in [-0.2, -0.15) is 0 Å². The molecule has 0 radical (unpaired) electrons. The van der Waals surface area contributed by atoms with E-state index in [9.17, 15) is 0 Å². The van der Waals surface area contributed by atoms with Gasteiger partial charge in [0.15, 0.2) is 0 Å². The molecule has 84 valence electrons. The van der Waals surface area contributed by atoms with E-state index in [0.29, 0.717) is 5.25 Å². The van der Waals surface area contributed by atoms with Crippen molar-refractivity contribution in [2.45, 2.75) is 37.3 Å². The van der Waals surface area contributed by atoms with Gasteiger partial charge in [0.05, 0.1) is 0 Å². The highest BCUT2D eigenvalue weighted by molar-refractivity contribution is 8.00. The highest BCUT2D eigenvalue weighted by atomic mass is 32.2. The van der Waals surface area contributed by atoms with E-state index in [1.54, 1.807) is 0 Å². The maximum Gasteiger partial charge on any atom is 0.0191 e. The molecule has 1 rings (SSSR count). The third kappa shape index (κ3) is 5.24. The van der Waals surface area contributed by atoms with Gasteiger partial charge in [0.1, 0.15) is 0 Å². The van der Waals surface area contributed by atoms with Gasteiger partial charge in [0.25, 0.3) is 0 Å². The van der Waals surface area contributed by atoms with Crippen LogP contribution in [0.1, 0.15) is 25.8 Å². The summed E-state index contributed by atoms with van der Waals surface area (Å²) in [6, 6.07) is 8.76. The summed E-state index contributed by atoms with van der Waals surface area (Å²) >= 11 is 1.94. The molecule has 1 aromatic rings. The normalized spacial score (nSPS) is 12.7. The average Bonchev–Trinajstić information content (AvgIpc) is 2.22. The Morgan fingerprint density at radius 2 is 1.93 bits per heavy atom. The predicted molar refractivity (Wildman–Crippen MR) is 69.7 cm³/mol. The second-order valence-electron chi connectivity index (χ2n) is 3.95. The molecule has 1 aromatic carbocycles. The summed E-state index contributed by atoms with van der Waals surface area (Å²) in [6.45, 7) is 8.81. The largest absolute Gasteiger partial charge is 0.316 e. The minimum absolute atomic E-state index is 0.638. The van der Waals surface area contributed by atoms with E-state index in [2.05, 4.69) is 50.4 Å². The molecular formula is C13H21NS. The quantitative estimate of drug-likeness (QED) is 0.585. The van der Waals surface area contributed by atoms with Crippen molar-refractivity contribution in [2.75, 3.05) is 13.1 Å². The van der Waals surface area contributed by atoms with E-state index in [1.807, 2.05) is 11.8 Å². The first-order chi connectivity index (χ1) is 7.22. The van der Waals surface area contributed by atoms with Crippen molar-refractivity contribution < 1.29 is 0 Å². The summed E-state index contributed by atoms with van der Waals surface area (Å²) in [5.74, 6) is 0. The molecule has 0 bridgehead atoms. The zero-order valence-electron chi connectivity index (χ0n) is 9.92. The first kappa shape index (κ1) is 12.6. The minimum atomic E-state index is 0.638. The van der Waals surface area contributed by atoms with Gasteiger partial charge >= 0.3 is 0 Å². The summed E-state index contributed by atoms with van der Waals surface area (Å²) in [7, 11) is 0. The number of benzene rings is 1. The summed E-state index contributed by atoms with van der Waals surface area (Å²) in [5, 5.41) is 4.08. The molecular weight excluding hydrogens is 202 g/mol. The van der Waals surface area contributed by atoms with Crippen LogP contribution in [0.25, 0.3) is 0 Å². The fourth-order valence-corrected chi connectivity index (χ4v) is 2.33.